The number of aliphatic imine (C=N–C) groups is 1. The van der Waals surface area contributed by atoms with Crippen LogP contribution in [0.1, 0.15) is 18.4 Å². The molecular weight excluding hydrogens is 230 g/mol. The maximum atomic E-state index is 4.52. The van der Waals surface area contributed by atoms with Crippen LogP contribution in [0.4, 0.5) is 0 Å². The van der Waals surface area contributed by atoms with Crippen molar-refractivity contribution >= 4 is 24.6 Å². The Morgan fingerprint density at radius 3 is 2.69 bits per heavy atom. The van der Waals surface area contributed by atoms with Crippen molar-refractivity contribution in [3.05, 3.63) is 29.8 Å². The third-order valence-corrected chi connectivity index (χ3v) is 5.91. The van der Waals surface area contributed by atoms with E-state index in [1.54, 1.807) is 0 Å². The largest absolute Gasteiger partial charge is 0.289 e. The Labute approximate surface area is 103 Å². The van der Waals surface area contributed by atoms with Crippen molar-refractivity contribution in [1.29, 1.82) is 0 Å². The summed E-state index contributed by atoms with van der Waals surface area (Å²) in [6.45, 7) is 7.13. The van der Waals surface area contributed by atoms with Crippen LogP contribution in [0.5, 0.6) is 0 Å². The summed E-state index contributed by atoms with van der Waals surface area (Å²) in [6, 6.07) is 9.36. The summed E-state index contributed by atoms with van der Waals surface area (Å²) < 4.78 is 0. The van der Waals surface area contributed by atoms with Crippen LogP contribution in [0.2, 0.25) is 19.6 Å². The van der Waals surface area contributed by atoms with Gasteiger partial charge in [-0.3, -0.25) is 4.99 Å². The zero-order valence-corrected chi connectivity index (χ0v) is 12.1. The summed E-state index contributed by atoms with van der Waals surface area (Å²) >= 11 is 2.04. The van der Waals surface area contributed by atoms with Crippen LogP contribution in [-0.2, 0) is 0 Å². The van der Waals surface area contributed by atoms with Crippen molar-refractivity contribution < 1.29 is 0 Å². The highest BCUT2D eigenvalue weighted by molar-refractivity contribution is 8.28. The zero-order chi connectivity index (χ0) is 11.6. The Morgan fingerprint density at radius 2 is 2.06 bits per heavy atom. The first kappa shape index (κ1) is 11.9. The second-order valence-corrected chi connectivity index (χ2v) is 14.5. The van der Waals surface area contributed by atoms with Crippen molar-refractivity contribution in [1.82, 2.24) is 0 Å². The Kier molecular flexibility index (Phi) is 3.55. The van der Waals surface area contributed by atoms with Crippen LogP contribution in [0.3, 0.4) is 0 Å². The molecule has 0 amide bonds. The van der Waals surface area contributed by atoms with Crippen molar-refractivity contribution in [2.24, 2.45) is 4.99 Å². The van der Waals surface area contributed by atoms with Gasteiger partial charge in [-0.1, -0.05) is 31.8 Å². The van der Waals surface area contributed by atoms with E-state index >= 15 is 0 Å². The van der Waals surface area contributed by atoms with E-state index in [1.165, 1.54) is 23.3 Å². The monoisotopic (exact) mass is 249 g/mol. The smallest absolute Gasteiger partial charge is 0.114 e. The molecule has 86 valence electrons. The number of nitrogens with zero attached hydrogens (tertiary/aromatic N) is 1. The lowest BCUT2D eigenvalue weighted by Crippen LogP contribution is -2.13. The maximum Gasteiger partial charge on any atom is 0.114 e. The molecule has 1 aliphatic rings. The van der Waals surface area contributed by atoms with Crippen molar-refractivity contribution in [3.63, 3.8) is 0 Å². The zero-order valence-electron chi connectivity index (χ0n) is 10.2. The summed E-state index contributed by atoms with van der Waals surface area (Å²) in [4.78, 5) is 5.91. The van der Waals surface area contributed by atoms with E-state index in [4.69, 9.17) is 0 Å². The molecule has 1 aromatic carbocycles. The average molecular weight is 249 g/mol. The van der Waals surface area contributed by atoms with E-state index in [0.29, 0.717) is 6.04 Å². The molecule has 3 heteroatoms. The number of hydrogen-bond donors (Lipinski definition) is 0. The molecule has 0 aromatic heterocycles. The minimum atomic E-state index is -1.08. The van der Waals surface area contributed by atoms with Crippen molar-refractivity contribution in [2.75, 3.05) is 0 Å². The summed E-state index contributed by atoms with van der Waals surface area (Å²) in [6.07, 6.45) is 4.59. The molecule has 0 unspecified atom stereocenters. The molecule has 1 aromatic rings. The highest BCUT2D eigenvalue weighted by Gasteiger charge is 2.19. The molecular formula is C13H19NSSi. The van der Waals surface area contributed by atoms with E-state index in [2.05, 4.69) is 48.9 Å². The van der Waals surface area contributed by atoms with Crippen LogP contribution in [0, 0.1) is 0 Å². The topological polar surface area (TPSA) is 12.4 Å². The van der Waals surface area contributed by atoms with E-state index in [1.807, 2.05) is 17.4 Å². The van der Waals surface area contributed by atoms with Crippen LogP contribution in [0.15, 0.2) is 34.2 Å². The minimum absolute atomic E-state index is 0.619. The fourth-order valence-electron chi connectivity index (χ4n) is 1.43. The molecule has 0 spiro atoms. The van der Waals surface area contributed by atoms with Gasteiger partial charge in [0, 0.05) is 11.1 Å². The molecule has 1 aliphatic carbocycles. The van der Waals surface area contributed by atoms with Crippen LogP contribution >= 0.6 is 11.2 Å². The van der Waals surface area contributed by atoms with Gasteiger partial charge >= 0.3 is 0 Å². The van der Waals surface area contributed by atoms with Gasteiger partial charge in [-0.2, -0.15) is 11.2 Å². The Balaban J connectivity index is 2.06. The highest BCUT2D eigenvalue weighted by Crippen LogP contribution is 2.29. The van der Waals surface area contributed by atoms with Gasteiger partial charge in [-0.05, 0) is 30.5 Å². The van der Waals surface area contributed by atoms with Crippen molar-refractivity contribution in [2.45, 2.75) is 43.4 Å². The van der Waals surface area contributed by atoms with Gasteiger partial charge in [-0.25, -0.2) is 0 Å². The minimum Gasteiger partial charge on any atom is -0.289 e. The van der Waals surface area contributed by atoms with Gasteiger partial charge in [-0.15, -0.1) is 0 Å². The van der Waals surface area contributed by atoms with Gasteiger partial charge in [0.05, 0.1) is 6.04 Å². The Morgan fingerprint density at radius 1 is 1.31 bits per heavy atom. The predicted molar refractivity (Wildman–Crippen MR) is 76.3 cm³/mol. The van der Waals surface area contributed by atoms with Crippen molar-refractivity contribution in [3.8, 4) is 0 Å². The first-order chi connectivity index (χ1) is 7.53. The molecule has 1 saturated carbocycles. The van der Waals surface area contributed by atoms with E-state index in [9.17, 15) is 0 Å². The number of hydrogen-bond acceptors (Lipinski definition) is 2. The standard InChI is InChI=1S/C13H19NSSi/c1-16(2,3)15-13-6-4-5-11(9-13)10-14-12-7-8-12/h4-6,9-10,12H,7-8H2,1-3H3. The van der Waals surface area contributed by atoms with E-state index in [-0.39, 0.29) is 0 Å². The first-order valence-electron chi connectivity index (χ1n) is 5.85. The highest BCUT2D eigenvalue weighted by atomic mass is 32.4. The molecule has 0 aliphatic heterocycles. The summed E-state index contributed by atoms with van der Waals surface area (Å²) in [5, 5.41) is 0. The molecule has 16 heavy (non-hydrogen) atoms. The van der Waals surface area contributed by atoms with Gasteiger partial charge in [0.15, 0.2) is 0 Å². The van der Waals surface area contributed by atoms with Gasteiger partial charge in [0.1, 0.15) is 7.22 Å². The fourth-order valence-corrected chi connectivity index (χ4v) is 4.98. The molecule has 0 heterocycles. The number of benzene rings is 1. The summed E-state index contributed by atoms with van der Waals surface area (Å²) in [7, 11) is -1.08. The summed E-state index contributed by atoms with van der Waals surface area (Å²) in [5.74, 6) is 0. The van der Waals surface area contributed by atoms with Gasteiger partial charge in [0.2, 0.25) is 0 Å². The molecule has 2 rings (SSSR count). The Bertz CT molecular complexity index is 391. The molecule has 0 bridgehead atoms. The van der Waals surface area contributed by atoms with E-state index in [0.717, 1.165) is 0 Å². The molecule has 0 atom stereocenters. The molecule has 0 N–H and O–H groups in total. The quantitative estimate of drug-likeness (QED) is 0.575. The molecule has 1 fully saturated rings. The van der Waals surface area contributed by atoms with Crippen LogP contribution in [-0.4, -0.2) is 19.5 Å². The normalized spacial score (nSPS) is 16.9. The molecule has 0 radical (unpaired) electrons. The lowest BCUT2D eigenvalue weighted by Gasteiger charge is -2.15. The number of rotatable bonds is 4. The van der Waals surface area contributed by atoms with Crippen LogP contribution in [0.25, 0.3) is 0 Å². The first-order valence-corrected chi connectivity index (χ1v) is 10.9. The maximum absolute atomic E-state index is 4.52. The fraction of sp³-hybridized carbons (Fsp3) is 0.462. The third-order valence-electron chi connectivity index (χ3n) is 2.26. The Hall–Kier alpha value is -0.543. The lowest BCUT2D eigenvalue weighted by atomic mass is 10.2. The second kappa shape index (κ2) is 4.76. The summed E-state index contributed by atoms with van der Waals surface area (Å²) in [5.41, 5.74) is 1.25. The third kappa shape index (κ3) is 4.14. The second-order valence-electron chi connectivity index (χ2n) is 5.30. The van der Waals surface area contributed by atoms with E-state index < -0.39 is 7.22 Å². The SMILES string of the molecule is C[Si](C)(C)Sc1cccc(C=NC2CC2)c1. The van der Waals surface area contributed by atoms with Crippen LogP contribution < -0.4 is 0 Å². The molecule has 0 saturated heterocycles. The molecule has 1 nitrogen and oxygen atoms in total. The lowest BCUT2D eigenvalue weighted by molar-refractivity contribution is 1.08. The average Bonchev–Trinajstić information content (AvgIpc) is 2.96. The predicted octanol–water partition coefficient (Wildman–Crippen LogP) is 4.19. The van der Waals surface area contributed by atoms with Gasteiger partial charge < -0.3 is 0 Å². The van der Waals surface area contributed by atoms with Gasteiger partial charge in [0.25, 0.3) is 0 Å².